The van der Waals surface area contributed by atoms with E-state index >= 15 is 0 Å². The molecule has 10 heteroatoms. The number of carbonyl (C=O) groups is 2. The van der Waals surface area contributed by atoms with Crippen molar-refractivity contribution in [2.75, 3.05) is 31.2 Å². The number of nitrogens with zero attached hydrogens (tertiary/aromatic N) is 1. The van der Waals surface area contributed by atoms with Gasteiger partial charge in [-0.05, 0) is 111 Å². The number of rotatable bonds is 2. The van der Waals surface area contributed by atoms with Crippen molar-refractivity contribution in [3.63, 3.8) is 0 Å². The molecule has 2 fully saturated rings. The molecule has 1 saturated carbocycles. The van der Waals surface area contributed by atoms with Gasteiger partial charge in [-0.3, -0.25) is 9.52 Å². The summed E-state index contributed by atoms with van der Waals surface area (Å²) in [5, 5.41) is 0.406. The Morgan fingerprint density at radius 2 is 1.98 bits per heavy atom. The Morgan fingerprint density at radius 3 is 2.76 bits per heavy atom. The summed E-state index contributed by atoms with van der Waals surface area (Å²) in [6.45, 7) is 4.24. The zero-order valence-corrected chi connectivity index (χ0v) is 28.0. The molecule has 246 valence electrons. The lowest BCUT2D eigenvalue weighted by Crippen LogP contribution is -2.50. The highest BCUT2D eigenvalue weighted by Crippen LogP contribution is 2.47. The number of hydrogen-bond acceptors (Lipinski definition) is 7. The van der Waals surface area contributed by atoms with Crippen LogP contribution in [0.1, 0.15) is 73.4 Å². The summed E-state index contributed by atoms with van der Waals surface area (Å²) in [5.74, 6) is 4.52. The maximum absolute atomic E-state index is 13.6. The molecular weight excluding hydrogens is 624 g/mol. The quantitative estimate of drug-likeness (QED) is 0.252. The number of ether oxygens (including phenoxy) is 3. The van der Waals surface area contributed by atoms with Gasteiger partial charge in [0.15, 0.2) is 6.10 Å². The fourth-order valence-electron chi connectivity index (χ4n) is 7.94. The first-order chi connectivity index (χ1) is 22.1. The van der Waals surface area contributed by atoms with Crippen molar-refractivity contribution in [3.05, 3.63) is 70.3 Å². The van der Waals surface area contributed by atoms with Crippen LogP contribution in [-0.4, -0.2) is 65.7 Å². The predicted molar refractivity (Wildman–Crippen MR) is 181 cm³/mol. The summed E-state index contributed by atoms with van der Waals surface area (Å²) in [6.07, 6.45) is 10.2. The van der Waals surface area contributed by atoms with Crippen LogP contribution in [0.25, 0.3) is 0 Å². The second-order valence-electron chi connectivity index (χ2n) is 13.8. The van der Waals surface area contributed by atoms with Crippen molar-refractivity contribution >= 4 is 44.7 Å². The Morgan fingerprint density at radius 1 is 1.11 bits per heavy atom. The first kappa shape index (κ1) is 31.6. The van der Waals surface area contributed by atoms with E-state index in [1.165, 1.54) is 11.1 Å². The monoisotopic (exact) mass is 666 g/mol. The summed E-state index contributed by atoms with van der Waals surface area (Å²) in [6, 6.07) is 11.7. The maximum atomic E-state index is 13.6. The zero-order chi connectivity index (χ0) is 32.1. The SMILES string of the molecule is C=S1(=O)NC(=O)c2ccc3c(c2)N(C[C@@H]2CC[C@H]2[C@@H](O[C@H]2CCOC2=O)/C=C/CC[C@H]1C)C[C@@]1(CCCc2cc(Cl)ccc21)CO3. The van der Waals surface area contributed by atoms with Gasteiger partial charge in [0.05, 0.1) is 34.7 Å². The molecule has 0 radical (unpaired) electrons. The zero-order valence-electron chi connectivity index (χ0n) is 26.4. The van der Waals surface area contributed by atoms with Crippen LogP contribution in [0.15, 0.2) is 48.6 Å². The van der Waals surface area contributed by atoms with Crippen LogP contribution >= 0.6 is 11.6 Å². The van der Waals surface area contributed by atoms with Gasteiger partial charge in [-0.25, -0.2) is 9.00 Å². The van der Waals surface area contributed by atoms with Gasteiger partial charge in [-0.1, -0.05) is 29.8 Å². The highest BCUT2D eigenvalue weighted by molar-refractivity contribution is 7.99. The van der Waals surface area contributed by atoms with Crippen LogP contribution in [0.2, 0.25) is 5.02 Å². The molecular formula is C36H43ClN2O6S. The van der Waals surface area contributed by atoms with Gasteiger partial charge in [-0.15, -0.1) is 0 Å². The van der Waals surface area contributed by atoms with Gasteiger partial charge >= 0.3 is 5.97 Å². The Labute approximate surface area is 276 Å². The van der Waals surface area contributed by atoms with Crippen LogP contribution in [-0.2, 0) is 35.8 Å². The first-order valence-corrected chi connectivity index (χ1v) is 18.8. The van der Waals surface area contributed by atoms with Gasteiger partial charge in [-0.2, -0.15) is 0 Å². The average Bonchev–Trinajstić information content (AvgIpc) is 3.35. The predicted octanol–water partition coefficient (Wildman–Crippen LogP) is 5.64. The number of hydrogen-bond donors (Lipinski definition) is 1. The number of fused-ring (bicyclic) bond motifs is 4. The molecule has 1 saturated heterocycles. The molecule has 2 bridgehead atoms. The summed E-state index contributed by atoms with van der Waals surface area (Å²) < 4.78 is 34.7. The number of carbonyl (C=O) groups excluding carboxylic acids is 2. The highest BCUT2D eigenvalue weighted by Gasteiger charge is 2.45. The third-order valence-corrected chi connectivity index (χ3v) is 13.1. The van der Waals surface area contributed by atoms with E-state index < -0.39 is 21.7 Å². The number of cyclic esters (lactones) is 1. The van der Waals surface area contributed by atoms with Gasteiger partial charge in [0.2, 0.25) is 0 Å². The molecule has 1 N–H and O–H groups in total. The van der Waals surface area contributed by atoms with Crippen molar-refractivity contribution in [2.24, 2.45) is 11.8 Å². The van der Waals surface area contributed by atoms with Crippen LogP contribution in [0, 0.1) is 11.8 Å². The van der Waals surface area contributed by atoms with E-state index in [9.17, 15) is 13.8 Å². The topological polar surface area (TPSA) is 94.2 Å². The molecule has 2 aliphatic carbocycles. The fourth-order valence-corrected chi connectivity index (χ4v) is 9.28. The van der Waals surface area contributed by atoms with E-state index in [2.05, 4.69) is 39.8 Å². The lowest BCUT2D eigenvalue weighted by molar-refractivity contribution is -0.152. The lowest BCUT2D eigenvalue weighted by Gasteiger charge is -2.46. The van der Waals surface area contributed by atoms with Gasteiger partial charge < -0.3 is 19.1 Å². The van der Waals surface area contributed by atoms with Crippen molar-refractivity contribution in [1.29, 1.82) is 0 Å². The molecule has 1 unspecified atom stereocenters. The molecule has 8 nitrogen and oxygen atoms in total. The minimum atomic E-state index is -2.92. The minimum absolute atomic E-state index is 0.222. The van der Waals surface area contributed by atoms with Crippen LogP contribution < -0.4 is 14.4 Å². The van der Waals surface area contributed by atoms with Crippen LogP contribution in [0.3, 0.4) is 0 Å². The number of amides is 1. The summed E-state index contributed by atoms with van der Waals surface area (Å²) in [5.41, 5.74) is 3.59. The smallest absolute Gasteiger partial charge is 0.335 e. The molecule has 7 atom stereocenters. The highest BCUT2D eigenvalue weighted by atomic mass is 35.5. The van der Waals surface area contributed by atoms with E-state index in [1.54, 1.807) is 6.07 Å². The third kappa shape index (κ3) is 6.06. The van der Waals surface area contributed by atoms with Gasteiger partial charge in [0.25, 0.3) is 5.91 Å². The number of anilines is 1. The molecule has 3 aliphatic heterocycles. The molecule has 0 aromatic heterocycles. The Bertz CT molecular complexity index is 1660. The average molecular weight is 667 g/mol. The van der Waals surface area contributed by atoms with Crippen LogP contribution in [0.4, 0.5) is 5.69 Å². The van der Waals surface area contributed by atoms with Gasteiger partial charge in [0, 0.05) is 40.8 Å². The molecule has 1 amide bonds. The molecule has 46 heavy (non-hydrogen) atoms. The second-order valence-corrected chi connectivity index (χ2v) is 16.7. The Hall–Kier alpha value is -3.01. The third-order valence-electron chi connectivity index (χ3n) is 10.8. The molecule has 7 rings (SSSR count). The molecule has 5 aliphatic rings. The molecule has 3 heterocycles. The largest absolute Gasteiger partial charge is 0.490 e. The summed E-state index contributed by atoms with van der Waals surface area (Å²) in [4.78, 5) is 28.4. The van der Waals surface area contributed by atoms with Crippen molar-refractivity contribution in [3.8, 4) is 5.75 Å². The Balaban J connectivity index is 1.28. The number of aryl methyl sites for hydroxylation is 1. The maximum Gasteiger partial charge on any atom is 0.335 e. The second kappa shape index (κ2) is 12.5. The Kier molecular flexibility index (Phi) is 8.61. The van der Waals surface area contributed by atoms with E-state index in [4.69, 9.17) is 25.8 Å². The number of esters is 1. The van der Waals surface area contributed by atoms with E-state index in [-0.39, 0.29) is 28.7 Å². The first-order valence-electron chi connectivity index (χ1n) is 16.6. The number of benzene rings is 2. The lowest BCUT2D eigenvalue weighted by atomic mass is 9.68. The summed E-state index contributed by atoms with van der Waals surface area (Å²) in [7, 11) is -2.92. The fraction of sp³-hybridized carbons (Fsp3) is 0.528. The summed E-state index contributed by atoms with van der Waals surface area (Å²) >= 11 is 6.44. The number of halogens is 1. The normalized spacial score (nSPS) is 35.1. The van der Waals surface area contributed by atoms with Crippen molar-refractivity contribution < 1.29 is 28.0 Å². The number of allylic oxidation sites excluding steroid dienone is 1. The van der Waals surface area contributed by atoms with Crippen molar-refractivity contribution in [2.45, 2.75) is 81.2 Å². The van der Waals surface area contributed by atoms with Gasteiger partial charge in [0.1, 0.15) is 5.75 Å². The molecule has 2 aromatic rings. The van der Waals surface area contributed by atoms with Crippen LogP contribution in [0.5, 0.6) is 5.75 Å². The van der Waals surface area contributed by atoms with E-state index in [0.717, 1.165) is 61.7 Å². The van der Waals surface area contributed by atoms with E-state index in [0.29, 0.717) is 44.0 Å². The number of nitrogens with one attached hydrogen (secondary N) is 1. The van der Waals surface area contributed by atoms with Crippen molar-refractivity contribution in [1.82, 2.24) is 4.72 Å². The minimum Gasteiger partial charge on any atom is -0.490 e. The standard InChI is InChI=1S/C36H43ClN2O6S/c1-23-6-3-4-8-31(45-33-15-17-43-35(33)41)28-12-9-26(28)20-39-21-36(16-5-7-24-18-27(37)11-13-29(24)36)22-44-32-14-10-25(19-30(32)39)34(40)38-46(23,2)42/h4,8,10-11,13-14,18-19,23,26,28,31,33H,2-3,5-7,9,12,15-17,20-22H2,1H3,(H,38,40,42)/b8-4+/t23-,26+,28-,31+,33+,36+,46?/m1/s1. The van der Waals surface area contributed by atoms with E-state index in [1.807, 2.05) is 25.1 Å². The molecule has 1 spiro atoms. The molecule has 2 aromatic carbocycles.